The zero-order valence-corrected chi connectivity index (χ0v) is 14.4. The Kier molecular flexibility index (Phi) is 6.29. The van der Waals surface area contributed by atoms with Gasteiger partial charge in [0.2, 0.25) is 0 Å². The molecule has 0 aliphatic heterocycles. The van der Waals surface area contributed by atoms with E-state index in [2.05, 4.69) is 35.9 Å². The maximum absolute atomic E-state index is 11.3. The van der Waals surface area contributed by atoms with E-state index in [9.17, 15) is 4.79 Å². The predicted molar refractivity (Wildman–Crippen MR) is 94.8 cm³/mol. The third kappa shape index (κ3) is 5.18. The van der Waals surface area contributed by atoms with Crippen LogP contribution in [0, 0.1) is 6.92 Å². The van der Waals surface area contributed by atoms with Crippen LogP contribution < -0.4 is 4.74 Å². The van der Waals surface area contributed by atoms with Crippen molar-refractivity contribution in [3.05, 3.63) is 65.2 Å². The van der Waals surface area contributed by atoms with Crippen molar-refractivity contribution in [3.8, 4) is 5.75 Å². The van der Waals surface area contributed by atoms with Crippen LogP contribution in [0.3, 0.4) is 0 Å². The highest BCUT2D eigenvalue weighted by Crippen LogP contribution is 2.27. The molecule has 0 saturated heterocycles. The van der Waals surface area contributed by atoms with Gasteiger partial charge < -0.3 is 9.47 Å². The minimum Gasteiger partial charge on any atom is -0.497 e. The van der Waals surface area contributed by atoms with Crippen molar-refractivity contribution in [1.82, 2.24) is 0 Å². The molecule has 0 N–H and O–H groups in total. The van der Waals surface area contributed by atoms with E-state index >= 15 is 0 Å². The van der Waals surface area contributed by atoms with Crippen molar-refractivity contribution < 1.29 is 14.3 Å². The van der Waals surface area contributed by atoms with Gasteiger partial charge in [0.05, 0.1) is 14.2 Å². The van der Waals surface area contributed by atoms with Gasteiger partial charge in [-0.3, -0.25) is 0 Å². The fourth-order valence-corrected chi connectivity index (χ4v) is 2.92. The molecule has 0 amide bonds. The van der Waals surface area contributed by atoms with Crippen molar-refractivity contribution in [2.45, 2.75) is 17.6 Å². The maximum atomic E-state index is 11.3. The van der Waals surface area contributed by atoms with Gasteiger partial charge in [0.1, 0.15) is 5.75 Å². The number of thioether (sulfide) groups is 1. The summed E-state index contributed by atoms with van der Waals surface area (Å²) in [6.07, 6.45) is 3.19. The fourth-order valence-electron chi connectivity index (χ4n) is 2.01. The Hall–Kier alpha value is -2.20. The Morgan fingerprint density at radius 2 is 1.87 bits per heavy atom. The molecule has 0 fully saturated rings. The van der Waals surface area contributed by atoms with Crippen LogP contribution in [0.5, 0.6) is 5.75 Å². The molecule has 0 aromatic heterocycles. The maximum Gasteiger partial charge on any atom is 0.330 e. The summed E-state index contributed by atoms with van der Waals surface area (Å²) < 4.78 is 9.91. The van der Waals surface area contributed by atoms with Gasteiger partial charge in [-0.15, -0.1) is 11.8 Å². The molecule has 0 unspecified atom stereocenters. The molecule has 4 heteroatoms. The molecule has 0 heterocycles. The van der Waals surface area contributed by atoms with Gasteiger partial charge in [-0.05, 0) is 48.4 Å². The number of methoxy groups -OCH3 is 2. The van der Waals surface area contributed by atoms with Crippen LogP contribution in [-0.4, -0.2) is 20.2 Å². The zero-order chi connectivity index (χ0) is 16.7. The Labute approximate surface area is 141 Å². The number of carbonyl (C=O) groups is 1. The summed E-state index contributed by atoms with van der Waals surface area (Å²) in [5.74, 6) is 1.21. The summed E-state index contributed by atoms with van der Waals surface area (Å²) >= 11 is 1.76. The molecule has 0 aliphatic carbocycles. The van der Waals surface area contributed by atoms with Gasteiger partial charge in [0.25, 0.3) is 0 Å². The van der Waals surface area contributed by atoms with Crippen molar-refractivity contribution in [2.24, 2.45) is 0 Å². The molecule has 0 spiro atoms. The molecular formula is C19H20O3S. The number of benzene rings is 2. The van der Waals surface area contributed by atoms with E-state index in [1.54, 1.807) is 24.9 Å². The Balaban J connectivity index is 2.17. The van der Waals surface area contributed by atoms with Crippen molar-refractivity contribution in [1.29, 1.82) is 0 Å². The molecule has 2 aromatic carbocycles. The monoisotopic (exact) mass is 328 g/mol. The average Bonchev–Trinajstić information content (AvgIpc) is 2.59. The molecule has 120 valence electrons. The topological polar surface area (TPSA) is 35.5 Å². The molecule has 2 aromatic rings. The van der Waals surface area contributed by atoms with Crippen molar-refractivity contribution in [3.63, 3.8) is 0 Å². The van der Waals surface area contributed by atoms with E-state index in [4.69, 9.17) is 4.74 Å². The third-order valence-electron chi connectivity index (χ3n) is 3.37. The van der Waals surface area contributed by atoms with Crippen LogP contribution in [0.25, 0.3) is 6.08 Å². The average molecular weight is 328 g/mol. The zero-order valence-electron chi connectivity index (χ0n) is 13.5. The lowest BCUT2D eigenvalue weighted by Gasteiger charge is -2.09. The molecule has 0 bridgehead atoms. The predicted octanol–water partition coefficient (Wildman–Crippen LogP) is 4.48. The molecule has 0 saturated carbocycles. The van der Waals surface area contributed by atoms with Gasteiger partial charge >= 0.3 is 5.97 Å². The number of ether oxygens (including phenoxy) is 2. The highest BCUT2D eigenvalue weighted by molar-refractivity contribution is 7.98. The molecule has 3 nitrogen and oxygen atoms in total. The van der Waals surface area contributed by atoms with Gasteiger partial charge in [-0.1, -0.05) is 23.8 Å². The summed E-state index contributed by atoms with van der Waals surface area (Å²) in [7, 11) is 3.00. The van der Waals surface area contributed by atoms with Gasteiger partial charge in [-0.2, -0.15) is 0 Å². The van der Waals surface area contributed by atoms with Crippen molar-refractivity contribution >= 4 is 23.8 Å². The van der Waals surface area contributed by atoms with E-state index in [0.717, 1.165) is 22.6 Å². The van der Waals surface area contributed by atoms with E-state index in [0.29, 0.717) is 0 Å². The standard InChI is InChI=1S/C19H20O3S/c1-14-4-9-18(10-5-14)23-13-16-6-8-17(21-2)12-15(16)7-11-19(20)22-3/h4-12H,13H2,1-3H3/b11-7+. The minimum absolute atomic E-state index is 0.370. The van der Waals surface area contributed by atoms with E-state index in [1.807, 2.05) is 18.2 Å². The van der Waals surface area contributed by atoms with Crippen LogP contribution in [0.4, 0.5) is 0 Å². The van der Waals surface area contributed by atoms with E-state index in [-0.39, 0.29) is 5.97 Å². The summed E-state index contributed by atoms with van der Waals surface area (Å²) in [6, 6.07) is 14.3. The number of hydrogen-bond donors (Lipinski definition) is 0. The first-order valence-corrected chi connectivity index (χ1v) is 8.23. The molecule has 23 heavy (non-hydrogen) atoms. The molecule has 0 aliphatic rings. The lowest BCUT2D eigenvalue weighted by molar-refractivity contribution is -0.134. The number of aryl methyl sites for hydroxylation is 1. The SMILES string of the molecule is COC(=O)/C=C/c1cc(OC)ccc1CSc1ccc(C)cc1. The lowest BCUT2D eigenvalue weighted by Crippen LogP contribution is -1.95. The van der Waals surface area contributed by atoms with E-state index < -0.39 is 0 Å². The van der Waals surface area contributed by atoms with Crippen LogP contribution in [0.2, 0.25) is 0 Å². The third-order valence-corrected chi connectivity index (χ3v) is 4.43. The Bertz CT molecular complexity index is 690. The summed E-state index contributed by atoms with van der Waals surface area (Å²) in [5.41, 5.74) is 3.34. The highest BCUT2D eigenvalue weighted by Gasteiger charge is 2.04. The molecule has 0 radical (unpaired) electrons. The quantitative estimate of drug-likeness (QED) is 0.445. The normalized spacial score (nSPS) is 10.7. The van der Waals surface area contributed by atoms with E-state index in [1.165, 1.54) is 23.6 Å². The summed E-state index contributed by atoms with van der Waals surface area (Å²) in [5, 5.41) is 0. The second kappa shape index (κ2) is 8.44. The largest absolute Gasteiger partial charge is 0.497 e. The first kappa shape index (κ1) is 17.2. The number of carbonyl (C=O) groups excluding carboxylic acids is 1. The first-order valence-electron chi connectivity index (χ1n) is 7.25. The Morgan fingerprint density at radius 1 is 1.13 bits per heavy atom. The fraction of sp³-hybridized carbons (Fsp3) is 0.211. The summed E-state index contributed by atoms with van der Waals surface area (Å²) in [6.45, 7) is 2.08. The highest BCUT2D eigenvalue weighted by atomic mass is 32.2. The number of esters is 1. The smallest absolute Gasteiger partial charge is 0.330 e. The Morgan fingerprint density at radius 3 is 2.52 bits per heavy atom. The number of rotatable bonds is 6. The van der Waals surface area contributed by atoms with Crippen LogP contribution in [0.1, 0.15) is 16.7 Å². The first-order chi connectivity index (χ1) is 11.1. The molecule has 2 rings (SSSR count). The second-order valence-corrected chi connectivity index (χ2v) is 6.07. The molecule has 0 atom stereocenters. The van der Waals surface area contributed by atoms with Crippen LogP contribution in [-0.2, 0) is 15.3 Å². The van der Waals surface area contributed by atoms with Crippen LogP contribution >= 0.6 is 11.8 Å². The van der Waals surface area contributed by atoms with Crippen molar-refractivity contribution in [2.75, 3.05) is 14.2 Å². The number of hydrogen-bond acceptors (Lipinski definition) is 4. The molecular weight excluding hydrogens is 308 g/mol. The lowest BCUT2D eigenvalue weighted by atomic mass is 10.1. The minimum atomic E-state index is -0.370. The summed E-state index contributed by atoms with van der Waals surface area (Å²) in [4.78, 5) is 12.5. The van der Waals surface area contributed by atoms with Gasteiger partial charge in [0, 0.05) is 16.7 Å². The second-order valence-electron chi connectivity index (χ2n) is 5.02. The van der Waals surface area contributed by atoms with Gasteiger partial charge in [-0.25, -0.2) is 4.79 Å². The van der Waals surface area contributed by atoms with Crippen LogP contribution in [0.15, 0.2) is 53.4 Å². The van der Waals surface area contributed by atoms with Gasteiger partial charge in [0.15, 0.2) is 0 Å².